The summed E-state index contributed by atoms with van der Waals surface area (Å²) in [5.41, 5.74) is 0. The smallest absolute Gasteiger partial charge is 0.211 e. The molecular weight excluding hydrogens is 228 g/mol. The average molecular weight is 250 g/mol. The van der Waals surface area contributed by atoms with Crippen LogP contribution in [0.15, 0.2) is 0 Å². The Morgan fingerprint density at radius 2 is 2.25 bits per heavy atom. The van der Waals surface area contributed by atoms with E-state index >= 15 is 0 Å². The number of nitrogens with one attached hydrogen (secondary N) is 1. The first-order chi connectivity index (χ1) is 7.45. The highest BCUT2D eigenvalue weighted by atomic mass is 32.2. The van der Waals surface area contributed by atoms with Gasteiger partial charge >= 0.3 is 0 Å². The molecule has 1 aliphatic heterocycles. The summed E-state index contributed by atoms with van der Waals surface area (Å²) in [7, 11) is -1.39. The number of hydrogen-bond acceptors (Lipinski definition) is 4. The third-order valence-corrected chi connectivity index (χ3v) is 4.20. The fourth-order valence-electron chi connectivity index (χ4n) is 2.10. The topological polar surface area (TPSA) is 58.6 Å². The van der Waals surface area contributed by atoms with E-state index in [0.717, 1.165) is 12.8 Å². The zero-order valence-electron chi connectivity index (χ0n) is 10.3. The van der Waals surface area contributed by atoms with Crippen molar-refractivity contribution in [2.24, 2.45) is 0 Å². The van der Waals surface area contributed by atoms with Gasteiger partial charge in [-0.05, 0) is 19.8 Å². The van der Waals surface area contributed by atoms with E-state index in [1.807, 2.05) is 6.92 Å². The first kappa shape index (κ1) is 13.9. The summed E-state index contributed by atoms with van der Waals surface area (Å²) in [4.78, 5) is 0. The summed E-state index contributed by atoms with van der Waals surface area (Å²) in [6.45, 7) is 4.04. The van der Waals surface area contributed by atoms with Crippen molar-refractivity contribution in [2.75, 3.05) is 33.1 Å². The fourth-order valence-corrected chi connectivity index (χ4v) is 3.28. The summed E-state index contributed by atoms with van der Waals surface area (Å²) in [6, 6.07) is 0.362. The molecule has 0 amide bonds. The van der Waals surface area contributed by atoms with Crippen LogP contribution in [-0.2, 0) is 14.8 Å². The molecule has 2 atom stereocenters. The van der Waals surface area contributed by atoms with Crippen LogP contribution < -0.4 is 5.32 Å². The van der Waals surface area contributed by atoms with Crippen molar-refractivity contribution in [3.63, 3.8) is 0 Å². The van der Waals surface area contributed by atoms with Crippen LogP contribution in [0, 0.1) is 0 Å². The summed E-state index contributed by atoms with van der Waals surface area (Å²) in [5.74, 6) is 0. The minimum Gasteiger partial charge on any atom is -0.383 e. The lowest BCUT2D eigenvalue weighted by atomic mass is 10.2. The van der Waals surface area contributed by atoms with E-state index in [4.69, 9.17) is 4.74 Å². The standard InChI is InChI=1S/C10H22N2O3S/c1-9(8-15-2)11-7-10-5-4-6-12(10)16(3,13)14/h9-11H,4-8H2,1-3H3/t9?,10-/m1/s1. The first-order valence-corrected chi connectivity index (χ1v) is 7.49. The Morgan fingerprint density at radius 3 is 2.81 bits per heavy atom. The van der Waals surface area contributed by atoms with Crippen LogP contribution in [-0.4, -0.2) is 57.9 Å². The maximum Gasteiger partial charge on any atom is 0.211 e. The Labute approximate surface area is 98.2 Å². The molecule has 0 aromatic carbocycles. The van der Waals surface area contributed by atoms with Crippen molar-refractivity contribution in [3.05, 3.63) is 0 Å². The number of hydrogen-bond donors (Lipinski definition) is 1. The molecule has 6 heteroatoms. The molecule has 1 heterocycles. The first-order valence-electron chi connectivity index (χ1n) is 5.64. The van der Waals surface area contributed by atoms with Crippen molar-refractivity contribution in [3.8, 4) is 0 Å². The third kappa shape index (κ3) is 4.01. The summed E-state index contributed by atoms with van der Waals surface area (Å²) in [6.07, 6.45) is 3.18. The zero-order valence-corrected chi connectivity index (χ0v) is 11.1. The molecule has 0 aromatic rings. The average Bonchev–Trinajstić information content (AvgIpc) is 2.62. The van der Waals surface area contributed by atoms with Crippen LogP contribution in [0.3, 0.4) is 0 Å². The minimum atomic E-state index is -3.05. The fraction of sp³-hybridized carbons (Fsp3) is 1.00. The van der Waals surface area contributed by atoms with Crippen LogP contribution in [0.4, 0.5) is 0 Å². The van der Waals surface area contributed by atoms with Crippen LogP contribution in [0.1, 0.15) is 19.8 Å². The summed E-state index contributed by atoms with van der Waals surface area (Å²) < 4.78 is 29.6. The van der Waals surface area contributed by atoms with Gasteiger partial charge in [0, 0.05) is 32.3 Å². The Kier molecular flexibility index (Phi) is 5.17. The lowest BCUT2D eigenvalue weighted by Crippen LogP contribution is -2.44. The molecule has 1 unspecified atom stereocenters. The Hall–Kier alpha value is -0.170. The van der Waals surface area contributed by atoms with E-state index in [1.165, 1.54) is 6.26 Å². The van der Waals surface area contributed by atoms with Gasteiger partial charge in [0.2, 0.25) is 10.0 Å². The number of rotatable bonds is 6. The summed E-state index contributed by atoms with van der Waals surface area (Å²) >= 11 is 0. The van der Waals surface area contributed by atoms with Crippen LogP contribution in [0.25, 0.3) is 0 Å². The van der Waals surface area contributed by atoms with Crippen molar-refractivity contribution in [1.82, 2.24) is 9.62 Å². The zero-order chi connectivity index (χ0) is 12.2. The van der Waals surface area contributed by atoms with Gasteiger partial charge in [0.15, 0.2) is 0 Å². The predicted octanol–water partition coefficient (Wildman–Crippen LogP) is 0.0349. The van der Waals surface area contributed by atoms with Crippen LogP contribution >= 0.6 is 0 Å². The predicted molar refractivity (Wildman–Crippen MR) is 63.9 cm³/mol. The molecule has 1 rings (SSSR count). The van der Waals surface area contributed by atoms with Crippen molar-refractivity contribution >= 4 is 10.0 Å². The highest BCUT2D eigenvalue weighted by Gasteiger charge is 2.31. The van der Waals surface area contributed by atoms with Gasteiger partial charge in [-0.15, -0.1) is 0 Å². The Bertz CT molecular complexity index is 305. The second kappa shape index (κ2) is 5.95. The molecule has 0 saturated carbocycles. The van der Waals surface area contributed by atoms with Gasteiger partial charge in [0.05, 0.1) is 12.9 Å². The third-order valence-electron chi connectivity index (χ3n) is 2.87. The number of nitrogens with zero attached hydrogens (tertiary/aromatic N) is 1. The van der Waals surface area contributed by atoms with E-state index in [1.54, 1.807) is 11.4 Å². The van der Waals surface area contributed by atoms with Gasteiger partial charge in [0.1, 0.15) is 0 Å². The van der Waals surface area contributed by atoms with Gasteiger partial charge in [-0.25, -0.2) is 8.42 Å². The maximum atomic E-state index is 11.5. The van der Waals surface area contributed by atoms with E-state index in [2.05, 4.69) is 5.32 Å². The quantitative estimate of drug-likeness (QED) is 0.723. The van der Waals surface area contributed by atoms with Gasteiger partial charge in [-0.2, -0.15) is 4.31 Å². The van der Waals surface area contributed by atoms with Gasteiger partial charge < -0.3 is 10.1 Å². The molecule has 1 fully saturated rings. The van der Waals surface area contributed by atoms with Crippen molar-refractivity contribution in [2.45, 2.75) is 31.8 Å². The van der Waals surface area contributed by atoms with Gasteiger partial charge in [0.25, 0.3) is 0 Å². The Morgan fingerprint density at radius 1 is 1.56 bits per heavy atom. The molecule has 0 aliphatic carbocycles. The van der Waals surface area contributed by atoms with E-state index in [0.29, 0.717) is 19.7 Å². The minimum absolute atomic E-state index is 0.106. The molecule has 16 heavy (non-hydrogen) atoms. The second-order valence-corrected chi connectivity index (χ2v) is 6.37. The molecule has 1 aliphatic rings. The molecule has 0 bridgehead atoms. The Balaban J connectivity index is 2.42. The monoisotopic (exact) mass is 250 g/mol. The SMILES string of the molecule is COCC(C)NC[C@H]1CCCN1S(C)(=O)=O. The van der Waals surface area contributed by atoms with Crippen LogP contribution in [0.5, 0.6) is 0 Å². The van der Waals surface area contributed by atoms with Gasteiger partial charge in [-0.1, -0.05) is 0 Å². The molecule has 0 spiro atoms. The number of ether oxygens (including phenoxy) is 1. The lowest BCUT2D eigenvalue weighted by molar-refractivity contribution is 0.169. The molecule has 0 aromatic heterocycles. The normalized spacial score (nSPS) is 24.8. The van der Waals surface area contributed by atoms with Crippen LogP contribution in [0.2, 0.25) is 0 Å². The van der Waals surface area contributed by atoms with Crippen molar-refractivity contribution < 1.29 is 13.2 Å². The maximum absolute atomic E-state index is 11.5. The highest BCUT2D eigenvalue weighted by molar-refractivity contribution is 7.88. The molecule has 1 saturated heterocycles. The van der Waals surface area contributed by atoms with E-state index in [9.17, 15) is 8.42 Å². The molecule has 1 N–H and O–H groups in total. The van der Waals surface area contributed by atoms with Gasteiger partial charge in [-0.3, -0.25) is 0 Å². The molecule has 0 radical (unpaired) electrons. The number of methoxy groups -OCH3 is 1. The van der Waals surface area contributed by atoms with E-state index in [-0.39, 0.29) is 12.1 Å². The van der Waals surface area contributed by atoms with Crippen molar-refractivity contribution in [1.29, 1.82) is 0 Å². The molecule has 96 valence electrons. The number of sulfonamides is 1. The highest BCUT2D eigenvalue weighted by Crippen LogP contribution is 2.19. The second-order valence-electron chi connectivity index (χ2n) is 4.43. The largest absolute Gasteiger partial charge is 0.383 e. The molecule has 5 nitrogen and oxygen atoms in total. The molecular formula is C10H22N2O3S. The summed E-state index contributed by atoms with van der Waals surface area (Å²) in [5, 5.41) is 3.30. The van der Waals surface area contributed by atoms with E-state index < -0.39 is 10.0 Å². The lowest BCUT2D eigenvalue weighted by Gasteiger charge is -2.24.